The Hall–Kier alpha value is -3.22. The number of hydrogen-bond acceptors (Lipinski definition) is 4. The molecule has 0 spiro atoms. The van der Waals surface area contributed by atoms with Crippen LogP contribution in [-0.2, 0) is 0 Å². The lowest BCUT2D eigenvalue weighted by molar-refractivity contribution is 0.167. The number of aromatic nitrogens is 2. The zero-order valence-electron chi connectivity index (χ0n) is 16.3. The van der Waals surface area contributed by atoms with Gasteiger partial charge in [-0.2, -0.15) is 5.10 Å². The van der Waals surface area contributed by atoms with Gasteiger partial charge in [0.2, 0.25) is 0 Å². The van der Waals surface area contributed by atoms with E-state index in [0.717, 1.165) is 46.7 Å². The highest BCUT2D eigenvalue weighted by Crippen LogP contribution is 2.37. The lowest BCUT2D eigenvalue weighted by atomic mass is 9.94. The first-order valence-electron chi connectivity index (χ1n) is 10.0. The Morgan fingerprint density at radius 3 is 2.43 bits per heavy atom. The van der Waals surface area contributed by atoms with Crippen LogP contribution in [0, 0.1) is 5.82 Å². The molecule has 0 saturated carbocycles. The molecule has 5 nitrogen and oxygen atoms in total. The third-order valence-electron chi connectivity index (χ3n) is 5.69. The molecular formula is C24H22FN3O2. The molecule has 6 heteroatoms. The minimum Gasteiger partial charge on any atom is -0.463 e. The summed E-state index contributed by atoms with van der Waals surface area (Å²) in [5.41, 5.74) is 4.94. The number of hydrogen-bond donors (Lipinski definition) is 2. The Labute approximate surface area is 173 Å². The van der Waals surface area contributed by atoms with E-state index in [1.54, 1.807) is 18.4 Å². The summed E-state index contributed by atoms with van der Waals surface area (Å²) in [7, 11) is 0. The van der Waals surface area contributed by atoms with Gasteiger partial charge in [-0.15, -0.1) is 0 Å². The van der Waals surface area contributed by atoms with E-state index in [2.05, 4.69) is 39.4 Å². The highest BCUT2D eigenvalue weighted by atomic mass is 19.1. The zero-order chi connectivity index (χ0) is 20.5. The lowest BCUT2D eigenvalue weighted by Crippen LogP contribution is -2.28. The van der Waals surface area contributed by atoms with Gasteiger partial charge in [-0.25, -0.2) is 4.39 Å². The lowest BCUT2D eigenvalue weighted by Gasteiger charge is -2.28. The Kier molecular flexibility index (Phi) is 4.94. The van der Waals surface area contributed by atoms with Crippen molar-refractivity contribution in [3.05, 3.63) is 90.1 Å². The summed E-state index contributed by atoms with van der Waals surface area (Å²) < 4.78 is 18.9. The average molecular weight is 403 g/mol. The summed E-state index contributed by atoms with van der Waals surface area (Å²) in [6.45, 7) is 1.40. The zero-order valence-corrected chi connectivity index (χ0v) is 16.3. The molecule has 3 heterocycles. The molecule has 1 aliphatic rings. The van der Waals surface area contributed by atoms with Gasteiger partial charge in [0.25, 0.3) is 0 Å². The van der Waals surface area contributed by atoms with E-state index in [4.69, 9.17) is 4.42 Å². The van der Waals surface area contributed by atoms with Crippen LogP contribution >= 0.6 is 0 Å². The second kappa shape index (κ2) is 7.89. The molecule has 2 aromatic carbocycles. The van der Waals surface area contributed by atoms with Gasteiger partial charge in [0.1, 0.15) is 11.5 Å². The third kappa shape index (κ3) is 3.56. The minimum atomic E-state index is -0.329. The van der Waals surface area contributed by atoms with Crippen molar-refractivity contribution in [2.45, 2.75) is 18.6 Å². The van der Waals surface area contributed by atoms with Crippen molar-refractivity contribution in [1.82, 2.24) is 15.1 Å². The first-order valence-corrected chi connectivity index (χ1v) is 10.0. The molecule has 4 aromatic rings. The fraction of sp³-hybridized carbons (Fsp3) is 0.208. The number of β-amino-alcohol motifs (C(OH)–C–C–N with tert-alkyl or cyclic N) is 1. The number of aliphatic hydroxyl groups excluding tert-OH is 1. The Bertz CT molecular complexity index is 1100. The van der Waals surface area contributed by atoms with Crippen LogP contribution in [-0.4, -0.2) is 39.4 Å². The fourth-order valence-electron chi connectivity index (χ4n) is 4.21. The second-order valence-corrected chi connectivity index (χ2v) is 7.65. The van der Waals surface area contributed by atoms with E-state index in [9.17, 15) is 9.50 Å². The predicted molar refractivity (Wildman–Crippen MR) is 112 cm³/mol. The Morgan fingerprint density at radius 1 is 1.07 bits per heavy atom. The summed E-state index contributed by atoms with van der Waals surface area (Å²) in [6.07, 6.45) is 3.90. The number of benzene rings is 2. The fourth-order valence-corrected chi connectivity index (χ4v) is 4.21. The van der Waals surface area contributed by atoms with Crippen molar-refractivity contribution < 1.29 is 13.9 Å². The summed E-state index contributed by atoms with van der Waals surface area (Å²) in [6, 6.07) is 18.5. The maximum atomic E-state index is 13.2. The number of likely N-dealkylation sites (tertiary alicyclic amines) is 1. The number of H-pyrrole nitrogens is 1. The number of nitrogens with one attached hydrogen (secondary N) is 1. The van der Waals surface area contributed by atoms with Gasteiger partial charge in [-0.1, -0.05) is 36.4 Å². The van der Waals surface area contributed by atoms with Crippen LogP contribution in [0.15, 0.2) is 77.5 Å². The molecule has 0 radical (unpaired) electrons. The van der Waals surface area contributed by atoms with Crippen molar-refractivity contribution in [3.8, 4) is 22.6 Å². The van der Waals surface area contributed by atoms with E-state index < -0.39 is 0 Å². The van der Waals surface area contributed by atoms with Gasteiger partial charge in [0.05, 0.1) is 24.6 Å². The molecule has 2 atom stereocenters. The van der Waals surface area contributed by atoms with Crippen LogP contribution in [0.4, 0.5) is 4.39 Å². The molecule has 0 aliphatic carbocycles. The summed E-state index contributed by atoms with van der Waals surface area (Å²) in [5.74, 6) is 0.489. The third-order valence-corrected chi connectivity index (χ3v) is 5.69. The summed E-state index contributed by atoms with van der Waals surface area (Å²) in [5, 5.41) is 17.5. The largest absolute Gasteiger partial charge is 0.463 e. The standard InChI is InChI=1S/C24H22FN3O2/c25-19-9-7-17(8-10-19)16-3-5-18(6-4-16)24(28-12-11-20(29)15-28)21-14-26-27-23(21)22-2-1-13-30-22/h1-10,13-14,20,24,29H,11-12,15H2,(H,26,27). The number of rotatable bonds is 5. The summed E-state index contributed by atoms with van der Waals surface area (Å²) in [4.78, 5) is 2.27. The maximum Gasteiger partial charge on any atom is 0.151 e. The molecule has 1 aliphatic heterocycles. The van der Waals surface area contributed by atoms with Gasteiger partial charge in [0.15, 0.2) is 5.76 Å². The van der Waals surface area contributed by atoms with Gasteiger partial charge in [-0.3, -0.25) is 10.00 Å². The van der Waals surface area contributed by atoms with Crippen LogP contribution in [0.5, 0.6) is 0 Å². The van der Waals surface area contributed by atoms with Crippen molar-refractivity contribution in [3.63, 3.8) is 0 Å². The Morgan fingerprint density at radius 2 is 1.80 bits per heavy atom. The molecule has 0 bridgehead atoms. The first-order chi connectivity index (χ1) is 14.7. The van der Waals surface area contributed by atoms with Gasteiger partial charge >= 0.3 is 0 Å². The smallest absolute Gasteiger partial charge is 0.151 e. The van der Waals surface area contributed by atoms with Crippen molar-refractivity contribution in [1.29, 1.82) is 0 Å². The average Bonchev–Trinajstić information content (AvgIpc) is 3.52. The molecule has 30 heavy (non-hydrogen) atoms. The molecule has 5 rings (SSSR count). The summed E-state index contributed by atoms with van der Waals surface area (Å²) >= 11 is 0. The highest BCUT2D eigenvalue weighted by molar-refractivity contribution is 5.64. The molecule has 2 aromatic heterocycles. The molecule has 2 unspecified atom stereocenters. The van der Waals surface area contributed by atoms with Crippen LogP contribution in [0.25, 0.3) is 22.6 Å². The molecular weight excluding hydrogens is 381 g/mol. The molecule has 1 saturated heterocycles. The SMILES string of the molecule is OC1CCN(C(c2ccc(-c3ccc(F)cc3)cc2)c2cn[nH]c2-c2ccco2)C1. The van der Waals surface area contributed by atoms with Gasteiger partial charge in [0, 0.05) is 18.7 Å². The van der Waals surface area contributed by atoms with E-state index in [-0.39, 0.29) is 18.0 Å². The monoisotopic (exact) mass is 403 g/mol. The van der Waals surface area contributed by atoms with Gasteiger partial charge in [-0.05, 0) is 47.4 Å². The predicted octanol–water partition coefficient (Wildman–Crippen LogP) is 4.63. The van der Waals surface area contributed by atoms with Crippen LogP contribution < -0.4 is 0 Å². The normalized spacial score (nSPS) is 18.0. The minimum absolute atomic E-state index is 0.0664. The van der Waals surface area contributed by atoms with E-state index in [1.165, 1.54) is 12.1 Å². The number of halogens is 1. The van der Waals surface area contributed by atoms with E-state index >= 15 is 0 Å². The van der Waals surface area contributed by atoms with Crippen LogP contribution in [0.1, 0.15) is 23.6 Å². The number of nitrogens with zero attached hydrogens (tertiary/aromatic N) is 2. The Balaban J connectivity index is 1.53. The maximum absolute atomic E-state index is 13.2. The number of furan rings is 1. The van der Waals surface area contributed by atoms with E-state index in [1.807, 2.05) is 18.3 Å². The quantitative estimate of drug-likeness (QED) is 0.510. The van der Waals surface area contributed by atoms with Crippen molar-refractivity contribution in [2.24, 2.45) is 0 Å². The van der Waals surface area contributed by atoms with Crippen LogP contribution in [0.2, 0.25) is 0 Å². The first kappa shape index (κ1) is 18.8. The van der Waals surface area contributed by atoms with Crippen molar-refractivity contribution >= 4 is 0 Å². The molecule has 2 N–H and O–H groups in total. The topological polar surface area (TPSA) is 65.3 Å². The second-order valence-electron chi connectivity index (χ2n) is 7.65. The van der Waals surface area contributed by atoms with E-state index in [0.29, 0.717) is 6.54 Å². The number of aliphatic hydroxyl groups is 1. The van der Waals surface area contributed by atoms with Crippen molar-refractivity contribution in [2.75, 3.05) is 13.1 Å². The molecule has 1 fully saturated rings. The molecule has 0 amide bonds. The van der Waals surface area contributed by atoms with Crippen LogP contribution in [0.3, 0.4) is 0 Å². The van der Waals surface area contributed by atoms with Gasteiger partial charge < -0.3 is 9.52 Å². The number of aromatic amines is 1. The highest BCUT2D eigenvalue weighted by Gasteiger charge is 2.32. The molecule has 152 valence electrons.